The number of esters is 1. The second kappa shape index (κ2) is 10.8. The largest absolute Gasteiger partial charge is 0.486 e. The fourth-order valence-electron chi connectivity index (χ4n) is 4.44. The van der Waals surface area contributed by atoms with E-state index in [1.807, 2.05) is 19.1 Å². The Hall–Kier alpha value is -3.54. The Labute approximate surface area is 203 Å². The van der Waals surface area contributed by atoms with E-state index < -0.39 is 23.4 Å². The molecule has 0 N–H and O–H groups in total. The summed E-state index contributed by atoms with van der Waals surface area (Å²) >= 11 is 0. The van der Waals surface area contributed by atoms with Gasteiger partial charge in [-0.1, -0.05) is 54.6 Å². The maximum absolute atomic E-state index is 15.0. The highest BCUT2D eigenvalue weighted by atomic mass is 19.2. The van der Waals surface area contributed by atoms with Gasteiger partial charge in [-0.3, -0.25) is 0 Å². The van der Waals surface area contributed by atoms with E-state index in [4.69, 9.17) is 9.47 Å². The van der Waals surface area contributed by atoms with E-state index in [0.29, 0.717) is 36.8 Å². The van der Waals surface area contributed by atoms with Crippen molar-refractivity contribution >= 4 is 5.97 Å². The first-order valence-electron chi connectivity index (χ1n) is 11.7. The summed E-state index contributed by atoms with van der Waals surface area (Å²) in [6, 6.07) is 14.5. The molecule has 3 nitrogen and oxygen atoms in total. The number of halogens is 3. The first-order valence-corrected chi connectivity index (χ1v) is 11.7. The van der Waals surface area contributed by atoms with Crippen LogP contribution in [-0.4, -0.2) is 18.7 Å². The van der Waals surface area contributed by atoms with Gasteiger partial charge in [0.15, 0.2) is 23.2 Å². The van der Waals surface area contributed by atoms with Crippen molar-refractivity contribution in [2.45, 2.75) is 44.6 Å². The van der Waals surface area contributed by atoms with Crippen molar-refractivity contribution in [3.63, 3.8) is 0 Å². The zero-order valence-electron chi connectivity index (χ0n) is 19.5. The van der Waals surface area contributed by atoms with E-state index in [2.05, 4.69) is 6.58 Å². The molecule has 0 heterocycles. The summed E-state index contributed by atoms with van der Waals surface area (Å²) in [6.07, 6.45) is 3.27. The number of aryl methyl sites for hydroxylation is 1. The van der Waals surface area contributed by atoms with Crippen molar-refractivity contribution in [2.24, 2.45) is 0 Å². The highest BCUT2D eigenvalue weighted by molar-refractivity contribution is 5.89. The second-order valence-corrected chi connectivity index (χ2v) is 8.82. The molecule has 35 heavy (non-hydrogen) atoms. The van der Waals surface area contributed by atoms with Crippen LogP contribution < -0.4 is 4.74 Å². The van der Waals surface area contributed by atoms with Crippen LogP contribution in [0.5, 0.6) is 5.75 Å². The number of rotatable bonds is 7. The standard InChI is InChI=1S/C29H27F3O3/c1-3-16-34-26-15-10-21(17-25(26)30)29(33)35-22-11-8-20(9-12-22)24-14-13-23(27(31)28(24)32)19-6-4-18(2)5-7-19/h3-7,10,13-15,17,20,22H,1,8-9,11-12,16H2,2H3. The lowest BCUT2D eigenvalue weighted by Gasteiger charge is -2.29. The average Bonchev–Trinajstić information content (AvgIpc) is 2.86. The minimum atomic E-state index is -0.845. The maximum Gasteiger partial charge on any atom is 0.338 e. The molecular formula is C29H27F3O3. The molecule has 0 amide bonds. The lowest BCUT2D eigenvalue weighted by molar-refractivity contribution is 0.0193. The number of hydrogen-bond donors (Lipinski definition) is 0. The molecule has 0 aromatic heterocycles. The SMILES string of the molecule is C=CCOc1ccc(C(=O)OC2CCC(c3ccc(-c4ccc(C)cc4)c(F)c3F)CC2)cc1F. The monoisotopic (exact) mass is 480 g/mol. The van der Waals surface area contributed by atoms with Gasteiger partial charge in [0.2, 0.25) is 0 Å². The van der Waals surface area contributed by atoms with Crippen molar-refractivity contribution in [2.75, 3.05) is 6.61 Å². The Balaban J connectivity index is 1.37. The molecular weight excluding hydrogens is 453 g/mol. The third-order valence-electron chi connectivity index (χ3n) is 6.39. The third-order valence-corrected chi connectivity index (χ3v) is 6.39. The fraction of sp³-hybridized carbons (Fsp3) is 0.276. The van der Waals surface area contributed by atoms with Crippen molar-refractivity contribution in [3.05, 3.63) is 101 Å². The van der Waals surface area contributed by atoms with Gasteiger partial charge in [0.05, 0.1) is 5.56 Å². The molecule has 3 aromatic rings. The van der Waals surface area contributed by atoms with E-state index >= 15 is 0 Å². The number of carbonyl (C=O) groups is 1. The summed E-state index contributed by atoms with van der Waals surface area (Å²) in [4.78, 5) is 12.5. The first-order chi connectivity index (χ1) is 16.9. The fourth-order valence-corrected chi connectivity index (χ4v) is 4.44. The van der Waals surface area contributed by atoms with Crippen molar-refractivity contribution < 1.29 is 27.4 Å². The molecule has 0 atom stereocenters. The Bertz CT molecular complexity index is 1210. The zero-order valence-corrected chi connectivity index (χ0v) is 19.5. The molecule has 182 valence electrons. The first kappa shape index (κ1) is 24.6. The molecule has 1 fully saturated rings. The lowest BCUT2D eigenvalue weighted by atomic mass is 9.82. The molecule has 6 heteroatoms. The summed E-state index contributed by atoms with van der Waals surface area (Å²) in [5.74, 6) is -3.08. The van der Waals surface area contributed by atoms with E-state index in [1.165, 1.54) is 18.2 Å². The minimum absolute atomic E-state index is 0.0320. The molecule has 0 aliphatic heterocycles. The molecule has 0 spiro atoms. The quantitative estimate of drug-likeness (QED) is 0.259. The summed E-state index contributed by atoms with van der Waals surface area (Å²) in [5.41, 5.74) is 2.35. The van der Waals surface area contributed by atoms with Gasteiger partial charge < -0.3 is 9.47 Å². The molecule has 3 aromatic carbocycles. The second-order valence-electron chi connectivity index (χ2n) is 8.82. The number of hydrogen-bond acceptors (Lipinski definition) is 3. The van der Waals surface area contributed by atoms with Crippen LogP contribution in [0.15, 0.2) is 67.3 Å². The maximum atomic E-state index is 15.0. The van der Waals surface area contributed by atoms with E-state index in [0.717, 1.165) is 11.6 Å². The van der Waals surface area contributed by atoms with Crippen LogP contribution >= 0.6 is 0 Å². The van der Waals surface area contributed by atoms with Crippen molar-refractivity contribution in [3.8, 4) is 16.9 Å². The molecule has 0 radical (unpaired) electrons. The van der Waals surface area contributed by atoms with Crippen LogP contribution in [0, 0.1) is 24.4 Å². The van der Waals surface area contributed by atoms with E-state index in [1.54, 1.807) is 24.3 Å². The zero-order chi connectivity index (χ0) is 24.9. The van der Waals surface area contributed by atoms with Gasteiger partial charge in [-0.15, -0.1) is 0 Å². The molecule has 1 saturated carbocycles. The molecule has 0 unspecified atom stereocenters. The van der Waals surface area contributed by atoms with Crippen LogP contribution in [0.2, 0.25) is 0 Å². The topological polar surface area (TPSA) is 35.5 Å². The predicted octanol–water partition coefficient (Wildman–Crippen LogP) is 7.53. The van der Waals surface area contributed by atoms with Crippen LogP contribution in [0.25, 0.3) is 11.1 Å². The highest BCUT2D eigenvalue weighted by Crippen LogP contribution is 2.38. The van der Waals surface area contributed by atoms with Crippen molar-refractivity contribution in [1.82, 2.24) is 0 Å². The number of benzene rings is 3. The van der Waals surface area contributed by atoms with Gasteiger partial charge in [0.25, 0.3) is 0 Å². The van der Waals surface area contributed by atoms with Crippen LogP contribution in [-0.2, 0) is 4.74 Å². The lowest BCUT2D eigenvalue weighted by Crippen LogP contribution is -2.24. The van der Waals surface area contributed by atoms with Crippen molar-refractivity contribution in [1.29, 1.82) is 0 Å². The Kier molecular flexibility index (Phi) is 7.59. The van der Waals surface area contributed by atoms with Gasteiger partial charge in [-0.05, 0) is 67.9 Å². The average molecular weight is 481 g/mol. The smallest absolute Gasteiger partial charge is 0.338 e. The number of ether oxygens (including phenoxy) is 2. The Morgan fingerprint density at radius 1 is 0.971 bits per heavy atom. The Morgan fingerprint density at radius 3 is 2.34 bits per heavy atom. The molecule has 1 aliphatic rings. The van der Waals surface area contributed by atoms with Crippen LogP contribution in [0.1, 0.15) is 53.1 Å². The van der Waals surface area contributed by atoms with Crippen LogP contribution in [0.3, 0.4) is 0 Å². The summed E-state index contributed by atoms with van der Waals surface area (Å²) in [5, 5.41) is 0. The van der Waals surface area contributed by atoms with Crippen LogP contribution in [0.4, 0.5) is 13.2 Å². The summed E-state index contributed by atoms with van der Waals surface area (Å²) in [6.45, 7) is 5.60. The minimum Gasteiger partial charge on any atom is -0.486 e. The van der Waals surface area contributed by atoms with E-state index in [9.17, 15) is 18.0 Å². The van der Waals surface area contributed by atoms with E-state index in [-0.39, 0.29) is 35.5 Å². The molecule has 4 rings (SSSR count). The van der Waals surface area contributed by atoms with Gasteiger partial charge in [0, 0.05) is 5.56 Å². The normalized spacial score (nSPS) is 17.6. The molecule has 0 saturated heterocycles. The third kappa shape index (κ3) is 5.59. The van der Waals surface area contributed by atoms with Gasteiger partial charge in [0.1, 0.15) is 12.7 Å². The highest BCUT2D eigenvalue weighted by Gasteiger charge is 2.28. The summed E-state index contributed by atoms with van der Waals surface area (Å²) < 4.78 is 54.7. The summed E-state index contributed by atoms with van der Waals surface area (Å²) in [7, 11) is 0. The number of carbonyl (C=O) groups excluding carboxylic acids is 1. The molecule has 1 aliphatic carbocycles. The van der Waals surface area contributed by atoms with Gasteiger partial charge >= 0.3 is 5.97 Å². The van der Waals surface area contributed by atoms with Gasteiger partial charge in [-0.25, -0.2) is 18.0 Å². The predicted molar refractivity (Wildman–Crippen MR) is 129 cm³/mol. The Morgan fingerprint density at radius 2 is 1.69 bits per heavy atom. The van der Waals surface area contributed by atoms with Gasteiger partial charge in [-0.2, -0.15) is 0 Å². The molecule has 0 bridgehead atoms.